The summed E-state index contributed by atoms with van der Waals surface area (Å²) in [6.07, 6.45) is -0.912. The van der Waals surface area contributed by atoms with Gasteiger partial charge in [-0.25, -0.2) is 4.39 Å². The van der Waals surface area contributed by atoms with Crippen molar-refractivity contribution >= 4 is 45.9 Å². The van der Waals surface area contributed by atoms with Crippen LogP contribution in [0.3, 0.4) is 0 Å². The Bertz CT molecular complexity index is 1220. The number of fused-ring (bicyclic) bond motifs is 1. The molecule has 4 aromatic rings. The zero-order chi connectivity index (χ0) is 22.5. The summed E-state index contributed by atoms with van der Waals surface area (Å²) in [6.45, 7) is 1.52. The fourth-order valence-electron chi connectivity index (χ4n) is 2.96. The zero-order valence-corrected chi connectivity index (χ0v) is 18.6. The maximum absolute atomic E-state index is 13.0. The number of para-hydroxylation sites is 1. The summed E-state index contributed by atoms with van der Waals surface area (Å²) in [4.78, 5) is 25.1. The van der Waals surface area contributed by atoms with E-state index in [-0.39, 0.29) is 5.76 Å². The molecule has 2 heterocycles. The number of thioether (sulfide) groups is 1. The molecular formula is C23H19FN2O4S2. The molecule has 2 N–H and O–H groups in total. The molecule has 9 heteroatoms. The molecule has 0 saturated heterocycles. The molecule has 164 valence electrons. The smallest absolute Gasteiger partial charge is 0.305 e. The van der Waals surface area contributed by atoms with Crippen molar-refractivity contribution in [3.05, 3.63) is 83.2 Å². The molecule has 0 radical (unpaired) electrons. The molecule has 32 heavy (non-hydrogen) atoms. The van der Waals surface area contributed by atoms with Crippen molar-refractivity contribution in [1.29, 1.82) is 0 Å². The Morgan fingerprint density at radius 2 is 1.88 bits per heavy atom. The quantitative estimate of drug-likeness (QED) is 0.288. The number of halogens is 1. The Kier molecular flexibility index (Phi) is 6.77. The SMILES string of the molecule is CC(Oc1ccc(F)cc1)C(=O)NNC(=O)c1oc2ccccc2c1CSc1cccs1. The van der Waals surface area contributed by atoms with Crippen molar-refractivity contribution in [2.45, 2.75) is 23.0 Å². The third kappa shape index (κ3) is 5.12. The number of hydrogen-bond acceptors (Lipinski definition) is 6. The Morgan fingerprint density at radius 3 is 2.62 bits per heavy atom. The first kappa shape index (κ1) is 21.9. The van der Waals surface area contributed by atoms with E-state index in [9.17, 15) is 14.0 Å². The predicted octanol–water partition coefficient (Wildman–Crippen LogP) is 5.15. The second-order valence-corrected chi connectivity index (χ2v) is 9.01. The first-order valence-corrected chi connectivity index (χ1v) is 11.6. The minimum Gasteiger partial charge on any atom is -0.481 e. The number of benzene rings is 2. The van der Waals surface area contributed by atoms with Crippen molar-refractivity contribution in [1.82, 2.24) is 10.9 Å². The van der Waals surface area contributed by atoms with E-state index >= 15 is 0 Å². The summed E-state index contributed by atoms with van der Waals surface area (Å²) >= 11 is 3.23. The standard InChI is InChI=1S/C23H19FN2O4S2/c1-14(29-16-10-8-15(24)9-11-16)22(27)25-26-23(28)21-18(13-32-20-7-4-12-31-20)17-5-2-3-6-19(17)30-21/h2-12,14H,13H2,1H3,(H,25,27)(H,26,28). The maximum Gasteiger partial charge on any atom is 0.305 e. The first-order chi connectivity index (χ1) is 15.5. The summed E-state index contributed by atoms with van der Waals surface area (Å²) in [5, 5.41) is 2.84. The summed E-state index contributed by atoms with van der Waals surface area (Å²) in [7, 11) is 0. The van der Waals surface area contributed by atoms with Gasteiger partial charge in [0, 0.05) is 16.7 Å². The number of carbonyl (C=O) groups is 2. The van der Waals surface area contributed by atoms with Gasteiger partial charge in [0.1, 0.15) is 17.1 Å². The molecule has 4 rings (SSSR count). The summed E-state index contributed by atoms with van der Waals surface area (Å²) in [5.74, 6) is -0.509. The Hall–Kier alpha value is -3.30. The molecule has 2 aromatic carbocycles. The van der Waals surface area contributed by atoms with Gasteiger partial charge in [0.2, 0.25) is 0 Å². The van der Waals surface area contributed by atoms with Gasteiger partial charge < -0.3 is 9.15 Å². The van der Waals surface area contributed by atoms with Crippen molar-refractivity contribution in [2.24, 2.45) is 0 Å². The molecule has 0 aliphatic rings. The van der Waals surface area contributed by atoms with Crippen LogP contribution in [-0.4, -0.2) is 17.9 Å². The molecule has 0 aliphatic carbocycles. The normalized spacial score (nSPS) is 11.8. The molecule has 2 amide bonds. The minimum absolute atomic E-state index is 0.141. The van der Waals surface area contributed by atoms with Crippen LogP contribution in [-0.2, 0) is 10.5 Å². The van der Waals surface area contributed by atoms with E-state index in [0.717, 1.165) is 15.2 Å². The number of furan rings is 1. The van der Waals surface area contributed by atoms with Gasteiger partial charge in [-0.05, 0) is 48.7 Å². The number of thiophene rings is 1. The van der Waals surface area contributed by atoms with E-state index in [1.807, 2.05) is 35.7 Å². The highest BCUT2D eigenvalue weighted by Crippen LogP contribution is 2.33. The van der Waals surface area contributed by atoms with Crippen LogP contribution in [0.5, 0.6) is 5.75 Å². The van der Waals surface area contributed by atoms with E-state index in [4.69, 9.17) is 9.15 Å². The first-order valence-electron chi connectivity index (χ1n) is 9.70. The molecule has 2 aromatic heterocycles. The minimum atomic E-state index is -0.912. The van der Waals surface area contributed by atoms with Crippen LogP contribution in [0.25, 0.3) is 11.0 Å². The topological polar surface area (TPSA) is 80.6 Å². The van der Waals surface area contributed by atoms with Crippen molar-refractivity contribution in [2.75, 3.05) is 0 Å². The van der Waals surface area contributed by atoms with Gasteiger partial charge in [0.15, 0.2) is 11.9 Å². The van der Waals surface area contributed by atoms with Crippen LogP contribution in [0.1, 0.15) is 23.0 Å². The van der Waals surface area contributed by atoms with Crippen LogP contribution >= 0.6 is 23.1 Å². The van der Waals surface area contributed by atoms with E-state index in [1.54, 1.807) is 29.2 Å². The summed E-state index contributed by atoms with van der Waals surface area (Å²) in [5.41, 5.74) is 6.09. The van der Waals surface area contributed by atoms with E-state index < -0.39 is 23.7 Å². The van der Waals surface area contributed by atoms with Gasteiger partial charge >= 0.3 is 5.91 Å². The van der Waals surface area contributed by atoms with E-state index in [2.05, 4.69) is 10.9 Å². The van der Waals surface area contributed by atoms with Crippen molar-refractivity contribution in [3.63, 3.8) is 0 Å². The highest BCUT2D eigenvalue weighted by atomic mass is 32.2. The largest absolute Gasteiger partial charge is 0.481 e. The number of amides is 2. The Labute approximate surface area is 191 Å². The second kappa shape index (κ2) is 9.88. The molecule has 1 unspecified atom stereocenters. The molecule has 6 nitrogen and oxygen atoms in total. The fraction of sp³-hybridized carbons (Fsp3) is 0.130. The van der Waals surface area contributed by atoms with Gasteiger partial charge in [0.05, 0.1) is 4.21 Å². The Morgan fingerprint density at radius 1 is 1.09 bits per heavy atom. The highest BCUT2D eigenvalue weighted by molar-refractivity contribution is 8.00. The monoisotopic (exact) mass is 470 g/mol. The van der Waals surface area contributed by atoms with Crippen molar-refractivity contribution < 1.29 is 23.1 Å². The molecule has 0 aliphatic heterocycles. The molecule has 1 atom stereocenters. The average Bonchev–Trinajstić information content (AvgIpc) is 3.45. The number of nitrogens with one attached hydrogen (secondary N) is 2. The Balaban J connectivity index is 1.43. The lowest BCUT2D eigenvalue weighted by molar-refractivity contribution is -0.128. The van der Waals surface area contributed by atoms with Crippen LogP contribution < -0.4 is 15.6 Å². The number of rotatable bonds is 7. The second-order valence-electron chi connectivity index (χ2n) is 6.78. The predicted molar refractivity (Wildman–Crippen MR) is 122 cm³/mol. The molecule has 0 saturated carbocycles. The highest BCUT2D eigenvalue weighted by Gasteiger charge is 2.22. The summed E-state index contributed by atoms with van der Waals surface area (Å²) < 4.78 is 25.4. The maximum atomic E-state index is 13.0. The fourth-order valence-corrected chi connectivity index (χ4v) is 4.77. The number of ether oxygens (including phenoxy) is 1. The number of hydrazine groups is 1. The van der Waals surface area contributed by atoms with Crippen LogP contribution in [0.2, 0.25) is 0 Å². The van der Waals surface area contributed by atoms with E-state index in [1.165, 1.54) is 31.2 Å². The van der Waals surface area contributed by atoms with E-state index in [0.29, 0.717) is 17.1 Å². The van der Waals surface area contributed by atoms with Gasteiger partial charge in [-0.2, -0.15) is 0 Å². The van der Waals surface area contributed by atoms with Crippen LogP contribution in [0.15, 0.2) is 74.7 Å². The summed E-state index contributed by atoms with van der Waals surface area (Å²) in [6, 6.07) is 16.7. The van der Waals surface area contributed by atoms with Gasteiger partial charge in [0.25, 0.3) is 5.91 Å². The van der Waals surface area contributed by atoms with Crippen molar-refractivity contribution in [3.8, 4) is 5.75 Å². The molecular weight excluding hydrogens is 451 g/mol. The number of hydrogen-bond donors (Lipinski definition) is 2. The lowest BCUT2D eigenvalue weighted by atomic mass is 10.1. The lowest BCUT2D eigenvalue weighted by Crippen LogP contribution is -2.47. The number of carbonyl (C=O) groups excluding carboxylic acids is 2. The van der Waals surface area contributed by atoms with Crippen LogP contribution in [0.4, 0.5) is 4.39 Å². The zero-order valence-electron chi connectivity index (χ0n) is 17.0. The van der Waals surface area contributed by atoms with Gasteiger partial charge in [-0.15, -0.1) is 23.1 Å². The molecule has 0 spiro atoms. The van der Waals surface area contributed by atoms with Gasteiger partial charge in [-0.3, -0.25) is 20.4 Å². The third-order valence-corrected chi connectivity index (χ3v) is 6.71. The molecule has 0 bridgehead atoms. The third-order valence-electron chi connectivity index (χ3n) is 4.55. The molecule has 0 fully saturated rings. The lowest BCUT2D eigenvalue weighted by Gasteiger charge is -2.15. The van der Waals surface area contributed by atoms with Crippen LogP contribution in [0, 0.1) is 5.82 Å². The van der Waals surface area contributed by atoms with Gasteiger partial charge in [-0.1, -0.05) is 24.3 Å². The average molecular weight is 471 g/mol.